The molecule has 0 aromatic heterocycles. The summed E-state index contributed by atoms with van der Waals surface area (Å²) in [7, 11) is 0. The summed E-state index contributed by atoms with van der Waals surface area (Å²) in [6.07, 6.45) is 5.26. The summed E-state index contributed by atoms with van der Waals surface area (Å²) in [6.45, 7) is 10.3. The van der Waals surface area contributed by atoms with E-state index in [1.807, 2.05) is 0 Å². The van der Waals surface area contributed by atoms with Crippen LogP contribution < -0.4 is 0 Å². The van der Waals surface area contributed by atoms with Gasteiger partial charge in [0.15, 0.2) is 0 Å². The van der Waals surface area contributed by atoms with Crippen LogP contribution in [0.15, 0.2) is 24.3 Å². The molecule has 0 fully saturated rings. The Balaban J connectivity index is 0.00000289. The van der Waals surface area contributed by atoms with Crippen LogP contribution in [0, 0.1) is 6.92 Å². The predicted molar refractivity (Wildman–Crippen MR) is 80.1 cm³/mol. The molecule has 0 amide bonds. The van der Waals surface area contributed by atoms with Gasteiger partial charge >= 0.3 is 0 Å². The second-order valence-corrected chi connectivity index (χ2v) is 4.76. The molecule has 18 heavy (non-hydrogen) atoms. The Labute approximate surface area is 112 Å². The number of hydrogen-bond donors (Lipinski definition) is 0. The molecule has 0 spiro atoms. The van der Waals surface area contributed by atoms with Crippen molar-refractivity contribution in [2.75, 3.05) is 19.6 Å². The highest BCUT2D eigenvalue weighted by Gasteiger charge is 1.99. The molecule has 0 aliphatic rings. The van der Waals surface area contributed by atoms with Crippen LogP contribution in [0.3, 0.4) is 0 Å². The first-order valence-corrected chi connectivity index (χ1v) is 7.04. The third-order valence-corrected chi connectivity index (χ3v) is 3.58. The van der Waals surface area contributed by atoms with Gasteiger partial charge in [-0.25, -0.2) is 0 Å². The molecule has 2 nitrogen and oxygen atoms in total. The summed E-state index contributed by atoms with van der Waals surface area (Å²) < 4.78 is 0. The standard InChI is InChI=1S/C16H27N.H2O/c1-4-17(5-2)14-10-6-7-12-16-13-9-8-11-15(16)3;/h8-9,11,13H,4-7,10,12,14H2,1-3H3;1H2. The number of hydrogen-bond acceptors (Lipinski definition) is 1. The predicted octanol–water partition coefficient (Wildman–Crippen LogP) is 3.22. The van der Waals surface area contributed by atoms with Gasteiger partial charge in [0.1, 0.15) is 0 Å². The zero-order valence-corrected chi connectivity index (χ0v) is 12.2. The molecule has 0 bridgehead atoms. The second kappa shape index (κ2) is 10.1. The fourth-order valence-electron chi connectivity index (χ4n) is 2.26. The van der Waals surface area contributed by atoms with Gasteiger partial charge in [-0.15, -0.1) is 0 Å². The number of benzene rings is 1. The Hall–Kier alpha value is -0.860. The molecule has 0 aliphatic carbocycles. The van der Waals surface area contributed by atoms with Crippen molar-refractivity contribution >= 4 is 0 Å². The fourth-order valence-corrected chi connectivity index (χ4v) is 2.26. The van der Waals surface area contributed by atoms with Crippen LogP contribution in [0.1, 0.15) is 44.2 Å². The third-order valence-electron chi connectivity index (χ3n) is 3.58. The molecule has 0 aliphatic heterocycles. The van der Waals surface area contributed by atoms with Crippen LogP contribution in [0.25, 0.3) is 0 Å². The number of aryl methyl sites for hydroxylation is 2. The molecule has 0 radical (unpaired) electrons. The van der Waals surface area contributed by atoms with Gasteiger partial charge in [0, 0.05) is 0 Å². The molecular formula is C16H29NO. The molecular weight excluding hydrogens is 222 g/mol. The van der Waals surface area contributed by atoms with E-state index in [9.17, 15) is 0 Å². The van der Waals surface area contributed by atoms with E-state index in [1.165, 1.54) is 56.4 Å². The fraction of sp³-hybridized carbons (Fsp3) is 0.625. The van der Waals surface area contributed by atoms with Gasteiger partial charge in [0.25, 0.3) is 0 Å². The van der Waals surface area contributed by atoms with Gasteiger partial charge in [0.2, 0.25) is 0 Å². The maximum absolute atomic E-state index is 2.51. The highest BCUT2D eigenvalue weighted by atomic mass is 16.0. The van der Waals surface area contributed by atoms with Gasteiger partial charge in [-0.2, -0.15) is 0 Å². The van der Waals surface area contributed by atoms with Crippen LogP contribution in [-0.4, -0.2) is 30.0 Å². The highest BCUT2D eigenvalue weighted by molar-refractivity contribution is 5.25. The maximum Gasteiger partial charge on any atom is -0.00190 e. The van der Waals surface area contributed by atoms with Crippen molar-refractivity contribution in [2.45, 2.75) is 46.5 Å². The maximum atomic E-state index is 2.51. The van der Waals surface area contributed by atoms with Crippen molar-refractivity contribution in [2.24, 2.45) is 0 Å². The average Bonchev–Trinajstić information content (AvgIpc) is 2.36. The summed E-state index contributed by atoms with van der Waals surface area (Å²) in [6, 6.07) is 8.75. The summed E-state index contributed by atoms with van der Waals surface area (Å²) >= 11 is 0. The Morgan fingerprint density at radius 2 is 1.61 bits per heavy atom. The van der Waals surface area contributed by atoms with Crippen LogP contribution >= 0.6 is 0 Å². The summed E-state index contributed by atoms with van der Waals surface area (Å²) in [5.74, 6) is 0. The van der Waals surface area contributed by atoms with E-state index in [4.69, 9.17) is 0 Å². The van der Waals surface area contributed by atoms with Crippen molar-refractivity contribution in [3.05, 3.63) is 35.4 Å². The van der Waals surface area contributed by atoms with Gasteiger partial charge < -0.3 is 10.4 Å². The lowest BCUT2D eigenvalue weighted by Gasteiger charge is -2.17. The molecule has 0 heterocycles. The lowest BCUT2D eigenvalue weighted by Crippen LogP contribution is -2.23. The van der Waals surface area contributed by atoms with Crippen LogP contribution in [0.2, 0.25) is 0 Å². The van der Waals surface area contributed by atoms with E-state index in [2.05, 4.69) is 49.9 Å². The molecule has 2 heteroatoms. The number of unbranched alkanes of at least 4 members (excludes halogenated alkanes) is 2. The topological polar surface area (TPSA) is 34.7 Å². The highest BCUT2D eigenvalue weighted by Crippen LogP contribution is 2.11. The summed E-state index contributed by atoms with van der Waals surface area (Å²) in [4.78, 5) is 2.51. The first kappa shape index (κ1) is 17.1. The molecule has 0 saturated heterocycles. The van der Waals surface area contributed by atoms with E-state index in [-0.39, 0.29) is 5.48 Å². The van der Waals surface area contributed by atoms with Crippen LogP contribution in [0.4, 0.5) is 0 Å². The first-order chi connectivity index (χ1) is 8.27. The molecule has 1 aromatic carbocycles. The smallest absolute Gasteiger partial charge is 0.00190 e. The zero-order valence-electron chi connectivity index (χ0n) is 12.2. The molecule has 1 rings (SSSR count). The van der Waals surface area contributed by atoms with Gasteiger partial charge in [-0.05, 0) is 56.9 Å². The van der Waals surface area contributed by atoms with Crippen molar-refractivity contribution in [1.82, 2.24) is 4.90 Å². The van der Waals surface area contributed by atoms with E-state index in [0.717, 1.165) is 0 Å². The minimum absolute atomic E-state index is 0. The van der Waals surface area contributed by atoms with Crippen molar-refractivity contribution in [1.29, 1.82) is 0 Å². The molecule has 104 valence electrons. The monoisotopic (exact) mass is 251 g/mol. The summed E-state index contributed by atoms with van der Waals surface area (Å²) in [5, 5.41) is 0. The minimum Gasteiger partial charge on any atom is -0.412 e. The zero-order chi connectivity index (χ0) is 12.5. The lowest BCUT2D eigenvalue weighted by molar-refractivity contribution is 0.296. The second-order valence-electron chi connectivity index (χ2n) is 4.76. The van der Waals surface area contributed by atoms with Crippen molar-refractivity contribution < 1.29 is 5.48 Å². The quantitative estimate of drug-likeness (QED) is 0.653. The van der Waals surface area contributed by atoms with Gasteiger partial charge in [0.05, 0.1) is 0 Å². The molecule has 0 saturated carbocycles. The van der Waals surface area contributed by atoms with Gasteiger partial charge in [-0.3, -0.25) is 0 Å². The Morgan fingerprint density at radius 3 is 2.22 bits per heavy atom. The largest absolute Gasteiger partial charge is 0.412 e. The van der Waals surface area contributed by atoms with Gasteiger partial charge in [-0.1, -0.05) is 44.5 Å². The van der Waals surface area contributed by atoms with Crippen LogP contribution in [-0.2, 0) is 6.42 Å². The van der Waals surface area contributed by atoms with Crippen molar-refractivity contribution in [3.8, 4) is 0 Å². The molecule has 0 atom stereocenters. The van der Waals surface area contributed by atoms with Crippen molar-refractivity contribution in [3.63, 3.8) is 0 Å². The van der Waals surface area contributed by atoms with E-state index >= 15 is 0 Å². The Morgan fingerprint density at radius 1 is 0.944 bits per heavy atom. The van der Waals surface area contributed by atoms with E-state index in [0.29, 0.717) is 0 Å². The molecule has 2 N–H and O–H groups in total. The summed E-state index contributed by atoms with van der Waals surface area (Å²) in [5.41, 5.74) is 2.96. The lowest BCUT2D eigenvalue weighted by atomic mass is 10.0. The average molecular weight is 251 g/mol. The van der Waals surface area contributed by atoms with E-state index in [1.54, 1.807) is 0 Å². The first-order valence-electron chi connectivity index (χ1n) is 7.04. The third kappa shape index (κ3) is 6.18. The Bertz CT molecular complexity index is 308. The Kier molecular flexibility index (Phi) is 9.62. The normalized spacial score (nSPS) is 10.4. The number of nitrogens with zero attached hydrogens (tertiary/aromatic N) is 1. The molecule has 1 aromatic rings. The van der Waals surface area contributed by atoms with E-state index < -0.39 is 0 Å². The molecule has 0 unspecified atom stereocenters. The SMILES string of the molecule is CCN(CC)CCCCCc1ccccc1C.O. The minimum atomic E-state index is 0. The van der Waals surface area contributed by atoms with Crippen LogP contribution in [0.5, 0.6) is 0 Å². The number of rotatable bonds is 8.